The highest BCUT2D eigenvalue weighted by atomic mass is 32.2. The Labute approximate surface area is 129 Å². The van der Waals surface area contributed by atoms with E-state index >= 15 is 0 Å². The standard InChI is InChI=1S/C13H12N2O4S2/c1-7-9(12(18)19-2)3-4-10(14-7)21-13-15-8(6-20-13)5-11(16)17/h3-4,6H,5H2,1-2H3,(H,16,17). The van der Waals surface area contributed by atoms with Crippen molar-refractivity contribution in [3.63, 3.8) is 0 Å². The molecule has 0 aliphatic heterocycles. The molecule has 110 valence electrons. The van der Waals surface area contributed by atoms with E-state index in [2.05, 4.69) is 14.7 Å². The van der Waals surface area contributed by atoms with Gasteiger partial charge in [0.1, 0.15) is 5.03 Å². The maximum absolute atomic E-state index is 11.5. The Balaban J connectivity index is 2.13. The van der Waals surface area contributed by atoms with Crippen molar-refractivity contribution in [2.45, 2.75) is 22.7 Å². The average Bonchev–Trinajstić information content (AvgIpc) is 2.84. The van der Waals surface area contributed by atoms with Gasteiger partial charge < -0.3 is 9.84 Å². The number of carboxylic acids is 1. The summed E-state index contributed by atoms with van der Waals surface area (Å²) < 4.78 is 5.38. The summed E-state index contributed by atoms with van der Waals surface area (Å²) in [4.78, 5) is 30.6. The number of nitrogens with zero attached hydrogens (tertiary/aromatic N) is 2. The number of pyridine rings is 1. The van der Waals surface area contributed by atoms with Gasteiger partial charge >= 0.3 is 11.9 Å². The van der Waals surface area contributed by atoms with Gasteiger partial charge in [-0.1, -0.05) is 0 Å². The van der Waals surface area contributed by atoms with Gasteiger partial charge in [0.2, 0.25) is 0 Å². The van der Waals surface area contributed by atoms with Crippen molar-refractivity contribution in [3.8, 4) is 0 Å². The van der Waals surface area contributed by atoms with Gasteiger partial charge in [-0.25, -0.2) is 14.8 Å². The van der Waals surface area contributed by atoms with Crippen molar-refractivity contribution in [2.24, 2.45) is 0 Å². The van der Waals surface area contributed by atoms with Crippen molar-refractivity contribution in [1.82, 2.24) is 9.97 Å². The van der Waals surface area contributed by atoms with E-state index < -0.39 is 11.9 Å². The lowest BCUT2D eigenvalue weighted by Crippen LogP contribution is -2.05. The number of rotatable bonds is 5. The van der Waals surface area contributed by atoms with Crippen LogP contribution in [0.15, 0.2) is 26.9 Å². The van der Waals surface area contributed by atoms with Gasteiger partial charge in [0.15, 0.2) is 4.34 Å². The fourth-order valence-corrected chi connectivity index (χ4v) is 3.38. The Morgan fingerprint density at radius 1 is 1.38 bits per heavy atom. The summed E-state index contributed by atoms with van der Waals surface area (Å²) in [7, 11) is 1.32. The molecule has 8 heteroatoms. The number of carbonyl (C=O) groups excluding carboxylic acids is 1. The monoisotopic (exact) mass is 324 g/mol. The van der Waals surface area contributed by atoms with E-state index in [9.17, 15) is 9.59 Å². The molecule has 0 unspecified atom stereocenters. The second-order valence-corrected chi connectivity index (χ2v) is 6.18. The van der Waals surface area contributed by atoms with Gasteiger partial charge in [-0.05, 0) is 30.8 Å². The minimum Gasteiger partial charge on any atom is -0.481 e. The summed E-state index contributed by atoms with van der Waals surface area (Å²) >= 11 is 2.69. The number of aliphatic carboxylic acids is 1. The molecule has 0 saturated carbocycles. The number of hydrogen-bond acceptors (Lipinski definition) is 7. The molecule has 21 heavy (non-hydrogen) atoms. The number of thiazole rings is 1. The summed E-state index contributed by atoms with van der Waals surface area (Å²) in [6, 6.07) is 3.37. The predicted molar refractivity (Wildman–Crippen MR) is 77.9 cm³/mol. The smallest absolute Gasteiger partial charge is 0.339 e. The van der Waals surface area contributed by atoms with Crippen LogP contribution in [0.1, 0.15) is 21.7 Å². The summed E-state index contributed by atoms with van der Waals surface area (Å²) in [5, 5.41) is 11.1. The number of aromatic nitrogens is 2. The summed E-state index contributed by atoms with van der Waals surface area (Å²) in [6.45, 7) is 1.73. The van der Waals surface area contributed by atoms with Crippen LogP contribution < -0.4 is 0 Å². The van der Waals surface area contributed by atoms with Crippen LogP contribution in [0.25, 0.3) is 0 Å². The maximum Gasteiger partial charge on any atom is 0.339 e. The summed E-state index contributed by atoms with van der Waals surface area (Å²) in [5.41, 5.74) is 1.53. The lowest BCUT2D eigenvalue weighted by atomic mass is 10.2. The SMILES string of the molecule is COC(=O)c1ccc(Sc2nc(CC(=O)O)cs2)nc1C. The highest BCUT2D eigenvalue weighted by Crippen LogP contribution is 2.29. The molecule has 0 bridgehead atoms. The maximum atomic E-state index is 11.5. The third-order valence-electron chi connectivity index (χ3n) is 2.52. The molecule has 0 amide bonds. The fraction of sp³-hybridized carbons (Fsp3) is 0.231. The zero-order chi connectivity index (χ0) is 15.4. The first-order valence-corrected chi connectivity index (χ1v) is 7.59. The Hall–Kier alpha value is -1.93. The van der Waals surface area contributed by atoms with Crippen LogP contribution in [0.5, 0.6) is 0 Å². The predicted octanol–water partition coefficient (Wildman–Crippen LogP) is 2.41. The molecule has 2 aromatic heterocycles. The van der Waals surface area contributed by atoms with Gasteiger partial charge in [0.25, 0.3) is 0 Å². The quantitative estimate of drug-likeness (QED) is 0.845. The molecule has 0 radical (unpaired) electrons. The average molecular weight is 324 g/mol. The van der Waals surface area contributed by atoms with Crippen LogP contribution in [0.4, 0.5) is 0 Å². The second kappa shape index (κ2) is 6.68. The van der Waals surface area contributed by atoms with Crippen LogP contribution in [0.2, 0.25) is 0 Å². The summed E-state index contributed by atoms with van der Waals surface area (Å²) in [5.74, 6) is -1.33. The molecular weight excluding hydrogens is 312 g/mol. The second-order valence-electron chi connectivity index (χ2n) is 4.05. The van der Waals surface area contributed by atoms with E-state index in [0.29, 0.717) is 26.3 Å². The summed E-state index contributed by atoms with van der Waals surface area (Å²) in [6.07, 6.45) is -0.0925. The first kappa shape index (κ1) is 15.5. The molecule has 0 aromatic carbocycles. The Morgan fingerprint density at radius 2 is 2.14 bits per heavy atom. The van der Waals surface area contributed by atoms with Gasteiger partial charge in [-0.2, -0.15) is 0 Å². The number of methoxy groups -OCH3 is 1. The minimum atomic E-state index is -0.909. The van der Waals surface area contributed by atoms with E-state index in [-0.39, 0.29) is 6.42 Å². The van der Waals surface area contributed by atoms with Gasteiger partial charge in [0.05, 0.1) is 30.5 Å². The topological polar surface area (TPSA) is 89.4 Å². The van der Waals surface area contributed by atoms with E-state index in [1.807, 2.05) is 0 Å². The van der Waals surface area contributed by atoms with Crippen LogP contribution >= 0.6 is 23.1 Å². The van der Waals surface area contributed by atoms with Crippen molar-refractivity contribution < 1.29 is 19.4 Å². The molecule has 0 saturated heterocycles. The van der Waals surface area contributed by atoms with Crippen molar-refractivity contribution in [2.75, 3.05) is 7.11 Å². The van der Waals surface area contributed by atoms with E-state index in [1.165, 1.54) is 30.2 Å². The molecule has 0 aliphatic carbocycles. The lowest BCUT2D eigenvalue weighted by molar-refractivity contribution is -0.136. The minimum absolute atomic E-state index is 0.0925. The molecule has 0 spiro atoms. The number of carbonyl (C=O) groups is 2. The highest BCUT2D eigenvalue weighted by Gasteiger charge is 2.12. The molecule has 2 aromatic rings. The molecule has 2 rings (SSSR count). The van der Waals surface area contributed by atoms with Crippen LogP contribution in [-0.2, 0) is 16.0 Å². The van der Waals surface area contributed by atoms with Crippen LogP contribution in [0.3, 0.4) is 0 Å². The van der Waals surface area contributed by atoms with Crippen molar-refractivity contribution in [1.29, 1.82) is 0 Å². The zero-order valence-corrected chi connectivity index (χ0v) is 13.0. The van der Waals surface area contributed by atoms with Gasteiger partial charge in [-0.15, -0.1) is 11.3 Å². The molecule has 0 fully saturated rings. The molecule has 0 aliphatic rings. The first-order chi connectivity index (χ1) is 9.99. The third kappa shape index (κ3) is 4.02. The Morgan fingerprint density at radius 3 is 2.76 bits per heavy atom. The van der Waals surface area contributed by atoms with E-state index in [4.69, 9.17) is 5.11 Å². The molecule has 0 atom stereocenters. The molecule has 2 heterocycles. The Bertz CT molecular complexity index is 685. The first-order valence-electron chi connectivity index (χ1n) is 5.89. The van der Waals surface area contributed by atoms with Gasteiger partial charge in [0, 0.05) is 5.38 Å². The molecule has 1 N–H and O–H groups in total. The third-order valence-corrected chi connectivity index (χ3v) is 4.44. The number of hydrogen-bond donors (Lipinski definition) is 1. The normalized spacial score (nSPS) is 10.4. The zero-order valence-electron chi connectivity index (χ0n) is 11.3. The largest absolute Gasteiger partial charge is 0.481 e. The number of carboxylic acid groups (broad SMARTS) is 1. The highest BCUT2D eigenvalue weighted by molar-refractivity contribution is 8.01. The number of ether oxygens (including phenoxy) is 1. The Kier molecular flexibility index (Phi) is 4.92. The lowest BCUT2D eigenvalue weighted by Gasteiger charge is -2.04. The van der Waals surface area contributed by atoms with Gasteiger partial charge in [-0.3, -0.25) is 4.79 Å². The molecular formula is C13H12N2O4S2. The molecule has 6 nitrogen and oxygen atoms in total. The number of esters is 1. The van der Waals surface area contributed by atoms with Crippen molar-refractivity contribution >= 4 is 35.0 Å². The number of aryl methyl sites for hydroxylation is 1. The fourth-order valence-electron chi connectivity index (χ4n) is 1.58. The van der Waals surface area contributed by atoms with Crippen LogP contribution in [0, 0.1) is 6.92 Å². The van der Waals surface area contributed by atoms with Crippen LogP contribution in [-0.4, -0.2) is 34.1 Å². The van der Waals surface area contributed by atoms with E-state index in [0.717, 1.165) is 0 Å². The van der Waals surface area contributed by atoms with E-state index in [1.54, 1.807) is 24.4 Å². The van der Waals surface area contributed by atoms with Crippen molar-refractivity contribution in [3.05, 3.63) is 34.5 Å².